The summed E-state index contributed by atoms with van der Waals surface area (Å²) in [6.45, 7) is 0.765. The van der Waals surface area contributed by atoms with Crippen LogP contribution in [0, 0.1) is 5.82 Å². The van der Waals surface area contributed by atoms with E-state index in [0.717, 1.165) is 24.2 Å². The number of anilines is 1. The quantitative estimate of drug-likeness (QED) is 0.862. The van der Waals surface area contributed by atoms with Crippen molar-refractivity contribution in [3.8, 4) is 16.9 Å². The van der Waals surface area contributed by atoms with E-state index in [2.05, 4.69) is 0 Å². The third-order valence-electron chi connectivity index (χ3n) is 3.73. The van der Waals surface area contributed by atoms with Gasteiger partial charge < -0.3 is 9.64 Å². The van der Waals surface area contributed by atoms with Crippen LogP contribution in [0.15, 0.2) is 42.5 Å². The maximum Gasteiger partial charge on any atom is 0.227 e. The second kappa shape index (κ2) is 5.56. The molecule has 0 atom stereocenters. The molecule has 3 rings (SSSR count). The first-order valence-corrected chi connectivity index (χ1v) is 6.94. The van der Waals surface area contributed by atoms with Crippen LogP contribution in [0.5, 0.6) is 5.75 Å². The lowest BCUT2D eigenvalue weighted by molar-refractivity contribution is -0.117. The number of para-hydroxylation sites is 1. The first-order chi connectivity index (χ1) is 10.2. The van der Waals surface area contributed by atoms with Gasteiger partial charge in [0.25, 0.3) is 0 Å². The first kappa shape index (κ1) is 13.6. The van der Waals surface area contributed by atoms with Gasteiger partial charge in [-0.25, -0.2) is 4.39 Å². The molecule has 0 aromatic heterocycles. The average Bonchev–Trinajstić information content (AvgIpc) is 2.93. The summed E-state index contributed by atoms with van der Waals surface area (Å²) >= 11 is 0. The van der Waals surface area contributed by atoms with Crippen LogP contribution in [0.3, 0.4) is 0 Å². The zero-order valence-corrected chi connectivity index (χ0v) is 11.8. The van der Waals surface area contributed by atoms with Gasteiger partial charge in [0.15, 0.2) is 11.6 Å². The molecule has 0 spiro atoms. The fourth-order valence-corrected chi connectivity index (χ4v) is 2.69. The Morgan fingerprint density at radius 3 is 2.52 bits per heavy atom. The highest BCUT2D eigenvalue weighted by molar-refractivity contribution is 5.95. The molecule has 0 unspecified atom stereocenters. The molecule has 1 aliphatic heterocycles. The molecule has 1 heterocycles. The minimum Gasteiger partial charge on any atom is -0.493 e. The number of hydrogen-bond acceptors (Lipinski definition) is 2. The number of halogens is 1. The lowest BCUT2D eigenvalue weighted by Gasteiger charge is -2.16. The monoisotopic (exact) mass is 285 g/mol. The van der Waals surface area contributed by atoms with Crippen LogP contribution >= 0.6 is 0 Å². The number of ether oxygens (including phenoxy) is 1. The predicted molar refractivity (Wildman–Crippen MR) is 80.0 cm³/mol. The Morgan fingerprint density at radius 1 is 1.14 bits per heavy atom. The summed E-state index contributed by atoms with van der Waals surface area (Å²) in [6, 6.07) is 12.4. The number of amides is 1. The molecule has 0 saturated carbocycles. The molecule has 0 N–H and O–H groups in total. The molecule has 1 fully saturated rings. The highest BCUT2D eigenvalue weighted by Crippen LogP contribution is 2.33. The maximum atomic E-state index is 13.7. The van der Waals surface area contributed by atoms with E-state index in [1.807, 2.05) is 30.3 Å². The normalized spacial score (nSPS) is 14.6. The highest BCUT2D eigenvalue weighted by atomic mass is 19.1. The number of carbonyl (C=O) groups excluding carboxylic acids is 1. The van der Waals surface area contributed by atoms with E-state index in [4.69, 9.17) is 4.74 Å². The van der Waals surface area contributed by atoms with Crippen LogP contribution in [-0.2, 0) is 4.79 Å². The molecular formula is C17H16FNO2. The maximum absolute atomic E-state index is 13.7. The van der Waals surface area contributed by atoms with Crippen molar-refractivity contribution in [2.75, 3.05) is 18.6 Å². The number of rotatable bonds is 3. The highest BCUT2D eigenvalue weighted by Gasteiger charge is 2.21. The van der Waals surface area contributed by atoms with Crippen molar-refractivity contribution < 1.29 is 13.9 Å². The molecule has 0 bridgehead atoms. The summed E-state index contributed by atoms with van der Waals surface area (Å²) in [5.74, 6) is 0.0161. The molecule has 2 aromatic carbocycles. The van der Waals surface area contributed by atoms with Crippen LogP contribution in [-0.4, -0.2) is 19.6 Å². The zero-order valence-electron chi connectivity index (χ0n) is 11.8. The van der Waals surface area contributed by atoms with Gasteiger partial charge in [0.2, 0.25) is 5.91 Å². The van der Waals surface area contributed by atoms with Crippen LogP contribution < -0.4 is 9.64 Å². The van der Waals surface area contributed by atoms with Gasteiger partial charge in [0.1, 0.15) is 0 Å². The average molecular weight is 285 g/mol. The summed E-state index contributed by atoms with van der Waals surface area (Å²) in [7, 11) is 1.46. The second-order valence-corrected chi connectivity index (χ2v) is 5.02. The number of carbonyl (C=O) groups is 1. The van der Waals surface area contributed by atoms with Crippen molar-refractivity contribution in [1.29, 1.82) is 0 Å². The second-order valence-electron chi connectivity index (χ2n) is 5.02. The topological polar surface area (TPSA) is 29.5 Å². The number of methoxy groups -OCH3 is 1. The van der Waals surface area contributed by atoms with Crippen molar-refractivity contribution in [2.24, 2.45) is 0 Å². The molecule has 21 heavy (non-hydrogen) atoms. The van der Waals surface area contributed by atoms with Crippen molar-refractivity contribution >= 4 is 11.6 Å². The molecule has 0 radical (unpaired) electrons. The number of hydrogen-bond donors (Lipinski definition) is 0. The molecule has 3 nitrogen and oxygen atoms in total. The summed E-state index contributed by atoms with van der Waals surface area (Å²) in [5.41, 5.74) is 2.45. The molecule has 2 aromatic rings. The number of benzene rings is 2. The fourth-order valence-electron chi connectivity index (χ4n) is 2.69. The lowest BCUT2D eigenvalue weighted by atomic mass is 10.0. The van der Waals surface area contributed by atoms with Gasteiger partial charge in [-0.05, 0) is 30.2 Å². The van der Waals surface area contributed by atoms with E-state index >= 15 is 0 Å². The summed E-state index contributed by atoms with van der Waals surface area (Å²) in [4.78, 5) is 13.5. The summed E-state index contributed by atoms with van der Waals surface area (Å²) in [5, 5.41) is 0. The molecule has 0 aliphatic carbocycles. The molecular weight excluding hydrogens is 269 g/mol. The Balaban J connectivity index is 1.94. The Morgan fingerprint density at radius 2 is 1.90 bits per heavy atom. The van der Waals surface area contributed by atoms with Crippen LogP contribution in [0.4, 0.5) is 10.1 Å². The van der Waals surface area contributed by atoms with Crippen LogP contribution in [0.1, 0.15) is 12.8 Å². The Bertz CT molecular complexity index is 667. The fraction of sp³-hybridized carbons (Fsp3) is 0.235. The minimum absolute atomic E-state index is 0.158. The Hall–Kier alpha value is -2.36. The SMILES string of the molecule is COc1c(F)cccc1-c1ccc(N2CCCC2=O)cc1. The molecule has 1 aliphatic rings. The van der Waals surface area contributed by atoms with E-state index in [1.165, 1.54) is 13.2 Å². The molecule has 108 valence electrons. The minimum atomic E-state index is -0.381. The van der Waals surface area contributed by atoms with E-state index in [9.17, 15) is 9.18 Å². The van der Waals surface area contributed by atoms with Gasteiger partial charge in [0.05, 0.1) is 7.11 Å². The lowest BCUT2D eigenvalue weighted by Crippen LogP contribution is -2.23. The first-order valence-electron chi connectivity index (χ1n) is 6.94. The van der Waals surface area contributed by atoms with Crippen molar-refractivity contribution in [2.45, 2.75) is 12.8 Å². The standard InChI is InChI=1S/C17H16FNO2/c1-21-17-14(4-2-5-15(17)18)12-7-9-13(10-8-12)19-11-3-6-16(19)20/h2,4-5,7-10H,3,6,11H2,1H3. The van der Waals surface area contributed by atoms with Crippen molar-refractivity contribution in [1.82, 2.24) is 0 Å². The zero-order chi connectivity index (χ0) is 14.8. The van der Waals surface area contributed by atoms with E-state index in [1.54, 1.807) is 11.0 Å². The van der Waals surface area contributed by atoms with Gasteiger partial charge in [-0.15, -0.1) is 0 Å². The molecule has 1 saturated heterocycles. The van der Waals surface area contributed by atoms with Gasteiger partial charge in [0, 0.05) is 24.2 Å². The third kappa shape index (κ3) is 2.49. The van der Waals surface area contributed by atoms with Crippen LogP contribution in [0.25, 0.3) is 11.1 Å². The van der Waals surface area contributed by atoms with E-state index < -0.39 is 0 Å². The summed E-state index contributed by atoms with van der Waals surface area (Å²) < 4.78 is 18.9. The Labute approximate surface area is 123 Å². The number of nitrogens with zero attached hydrogens (tertiary/aromatic N) is 1. The van der Waals surface area contributed by atoms with Gasteiger partial charge in [-0.2, -0.15) is 0 Å². The van der Waals surface area contributed by atoms with Gasteiger partial charge in [-0.3, -0.25) is 4.79 Å². The van der Waals surface area contributed by atoms with E-state index in [0.29, 0.717) is 12.0 Å². The van der Waals surface area contributed by atoms with E-state index in [-0.39, 0.29) is 17.5 Å². The predicted octanol–water partition coefficient (Wildman–Crippen LogP) is 3.63. The summed E-state index contributed by atoms with van der Waals surface area (Å²) in [6.07, 6.45) is 1.51. The van der Waals surface area contributed by atoms with Gasteiger partial charge in [-0.1, -0.05) is 24.3 Å². The van der Waals surface area contributed by atoms with Crippen molar-refractivity contribution in [3.63, 3.8) is 0 Å². The smallest absolute Gasteiger partial charge is 0.227 e. The van der Waals surface area contributed by atoms with Crippen LogP contribution in [0.2, 0.25) is 0 Å². The Kier molecular flexibility index (Phi) is 3.60. The molecule has 4 heteroatoms. The van der Waals surface area contributed by atoms with Gasteiger partial charge >= 0.3 is 0 Å². The molecule has 1 amide bonds. The van der Waals surface area contributed by atoms with Crippen molar-refractivity contribution in [3.05, 3.63) is 48.3 Å². The third-order valence-corrected chi connectivity index (χ3v) is 3.73. The largest absolute Gasteiger partial charge is 0.493 e.